The van der Waals surface area contributed by atoms with Crippen molar-refractivity contribution in [2.45, 2.75) is 0 Å². The number of hydrogen-bond acceptors (Lipinski definition) is 3. The zero-order valence-electron chi connectivity index (χ0n) is 49.6. The highest BCUT2D eigenvalue weighted by Gasteiger charge is 2.35. The van der Waals surface area contributed by atoms with Crippen LogP contribution < -0.4 is 4.90 Å². The summed E-state index contributed by atoms with van der Waals surface area (Å²) in [6, 6.07) is 111. The van der Waals surface area contributed by atoms with Gasteiger partial charge < -0.3 is 18.6 Å². The van der Waals surface area contributed by atoms with E-state index in [0.29, 0.717) is 11.1 Å². The fourth-order valence-electron chi connectivity index (χ4n) is 15.3. The van der Waals surface area contributed by atoms with E-state index >= 15 is 4.79 Å². The van der Waals surface area contributed by atoms with Crippen molar-refractivity contribution in [3.05, 3.63) is 338 Å². The van der Waals surface area contributed by atoms with Gasteiger partial charge in [0.05, 0.1) is 44.2 Å². The van der Waals surface area contributed by atoms with E-state index in [1.807, 2.05) is 30.3 Å². The van der Waals surface area contributed by atoms with E-state index in [-0.39, 0.29) is 11.6 Å². The fraction of sp³-hybridized carbons (Fsp3) is 0. The summed E-state index contributed by atoms with van der Waals surface area (Å²) >= 11 is 0. The average molecular weight is 1170 g/mol. The van der Waals surface area contributed by atoms with Crippen LogP contribution in [0.4, 0.5) is 17.1 Å². The van der Waals surface area contributed by atoms with Crippen LogP contribution in [0.1, 0.15) is 31.8 Å². The van der Waals surface area contributed by atoms with Crippen LogP contribution in [0.2, 0.25) is 0 Å². The number of para-hydroxylation sites is 3. The molecule has 0 bridgehead atoms. The van der Waals surface area contributed by atoms with E-state index in [4.69, 9.17) is 0 Å². The topological polar surface area (TPSA) is 52.2 Å². The third-order valence-corrected chi connectivity index (χ3v) is 19.4. The van der Waals surface area contributed by atoms with Crippen LogP contribution in [-0.4, -0.2) is 25.3 Å². The standard InChI is InChI=1S/C86H52N4O2/c91-85-71-24-8-7-21-63(71)68-49-50-69-64-22-9-12-29-75(64)89(83(69)81(68)85)62-47-43-60(44-48-62)88-77-31-14-11-25-72(77)80-67(27-16-32-78(80)88)66-26-15-28-74-79(66)73-52-51-70-65-23-10-13-30-76(65)90(84(70)82(73)86(74)92)61-45-41-59(42-46-61)87(57-37-33-55(34-38-57)53-17-3-1-4-18-53)58-39-35-56(36-40-58)54-19-5-2-6-20-54/h1-52H. The van der Waals surface area contributed by atoms with Gasteiger partial charge in [-0.15, -0.1) is 0 Å². The molecule has 0 fully saturated rings. The Balaban J connectivity index is 0.728. The van der Waals surface area contributed by atoms with E-state index in [2.05, 4.69) is 304 Å². The first kappa shape index (κ1) is 51.6. The molecule has 2 aliphatic rings. The lowest BCUT2D eigenvalue weighted by Crippen LogP contribution is -2.10. The van der Waals surface area contributed by atoms with Crippen molar-refractivity contribution in [3.8, 4) is 72.7 Å². The minimum atomic E-state index is 0.0176. The molecule has 0 unspecified atom stereocenters. The van der Waals surface area contributed by atoms with Crippen molar-refractivity contribution in [3.63, 3.8) is 0 Å². The number of anilines is 3. The molecule has 92 heavy (non-hydrogen) atoms. The predicted octanol–water partition coefficient (Wildman–Crippen LogP) is 21.9. The van der Waals surface area contributed by atoms with Gasteiger partial charge in [0.2, 0.25) is 0 Å². The van der Waals surface area contributed by atoms with Gasteiger partial charge in [0.1, 0.15) is 0 Å². The maximum atomic E-state index is 15.6. The summed E-state index contributed by atoms with van der Waals surface area (Å²) in [6.07, 6.45) is 0. The van der Waals surface area contributed by atoms with Crippen molar-refractivity contribution in [2.75, 3.05) is 4.90 Å². The van der Waals surface area contributed by atoms with E-state index in [9.17, 15) is 4.79 Å². The molecule has 19 rings (SSSR count). The van der Waals surface area contributed by atoms with Gasteiger partial charge in [0.25, 0.3) is 0 Å². The van der Waals surface area contributed by atoms with Crippen molar-refractivity contribution in [2.24, 2.45) is 0 Å². The van der Waals surface area contributed by atoms with Crippen molar-refractivity contribution >= 4 is 94.0 Å². The second-order valence-electron chi connectivity index (χ2n) is 24.2. The van der Waals surface area contributed by atoms with Gasteiger partial charge in [0.15, 0.2) is 11.6 Å². The molecule has 0 aliphatic heterocycles. The summed E-state index contributed by atoms with van der Waals surface area (Å²) in [7, 11) is 0. The van der Waals surface area contributed by atoms with Crippen LogP contribution >= 0.6 is 0 Å². The monoisotopic (exact) mass is 1170 g/mol. The second-order valence-corrected chi connectivity index (χ2v) is 24.2. The van der Waals surface area contributed by atoms with Gasteiger partial charge >= 0.3 is 0 Å². The Morgan fingerprint density at radius 3 is 1.16 bits per heavy atom. The molecule has 0 radical (unpaired) electrons. The van der Waals surface area contributed by atoms with Crippen molar-refractivity contribution in [1.29, 1.82) is 0 Å². The average Bonchev–Trinajstić information content (AvgIpc) is 1.59. The number of rotatable bonds is 9. The first-order valence-electron chi connectivity index (χ1n) is 31.3. The number of hydrogen-bond donors (Lipinski definition) is 0. The molecule has 0 saturated heterocycles. The van der Waals surface area contributed by atoms with Crippen LogP contribution in [0.25, 0.3) is 138 Å². The fourth-order valence-corrected chi connectivity index (χ4v) is 15.3. The highest BCUT2D eigenvalue weighted by Crippen LogP contribution is 2.51. The molecule has 0 spiro atoms. The molecule has 14 aromatic carbocycles. The Morgan fingerprint density at radius 2 is 0.587 bits per heavy atom. The summed E-state index contributed by atoms with van der Waals surface area (Å²) in [4.78, 5) is 32.3. The Hall–Kier alpha value is -12.4. The first-order valence-corrected chi connectivity index (χ1v) is 31.3. The minimum absolute atomic E-state index is 0.0176. The molecular formula is C86H52N4O2. The second kappa shape index (κ2) is 20.1. The molecule has 428 valence electrons. The zero-order valence-corrected chi connectivity index (χ0v) is 49.6. The predicted molar refractivity (Wildman–Crippen MR) is 378 cm³/mol. The van der Waals surface area contributed by atoms with Crippen LogP contribution in [0.5, 0.6) is 0 Å². The number of carbonyl (C=O) groups excluding carboxylic acids is 2. The van der Waals surface area contributed by atoms with E-state index in [1.165, 1.54) is 11.1 Å². The Kier molecular flexibility index (Phi) is 11.3. The zero-order chi connectivity index (χ0) is 60.7. The highest BCUT2D eigenvalue weighted by molar-refractivity contribution is 6.32. The number of carbonyl (C=O) groups is 2. The molecule has 3 aromatic heterocycles. The smallest absolute Gasteiger partial charge is 0.196 e. The summed E-state index contributed by atoms with van der Waals surface area (Å²) in [6.45, 7) is 0. The molecule has 0 saturated carbocycles. The summed E-state index contributed by atoms with van der Waals surface area (Å²) in [5.41, 5.74) is 25.5. The summed E-state index contributed by atoms with van der Waals surface area (Å²) < 4.78 is 6.93. The maximum Gasteiger partial charge on any atom is 0.196 e. The van der Waals surface area contributed by atoms with Gasteiger partial charge in [-0.25, -0.2) is 0 Å². The van der Waals surface area contributed by atoms with Gasteiger partial charge in [-0.05, 0) is 147 Å². The van der Waals surface area contributed by atoms with Gasteiger partial charge in [0, 0.05) is 83.1 Å². The molecular weight excluding hydrogens is 1120 g/mol. The molecule has 3 heterocycles. The molecule has 2 aliphatic carbocycles. The quantitative estimate of drug-likeness (QED) is 0.145. The van der Waals surface area contributed by atoms with Gasteiger partial charge in [-0.1, -0.05) is 218 Å². The van der Waals surface area contributed by atoms with Gasteiger partial charge in [-0.3, -0.25) is 9.59 Å². The van der Waals surface area contributed by atoms with E-state index < -0.39 is 0 Å². The van der Waals surface area contributed by atoms with E-state index in [0.717, 1.165) is 155 Å². The number of benzene rings is 14. The molecule has 6 heteroatoms. The lowest BCUT2D eigenvalue weighted by atomic mass is 9.91. The number of ketones is 2. The molecule has 6 nitrogen and oxygen atoms in total. The minimum Gasteiger partial charge on any atom is -0.311 e. The molecule has 0 atom stereocenters. The summed E-state index contributed by atoms with van der Waals surface area (Å²) in [5.74, 6) is 0.0779. The Bertz CT molecular complexity index is 5850. The van der Waals surface area contributed by atoms with Crippen molar-refractivity contribution in [1.82, 2.24) is 13.7 Å². The Morgan fingerprint density at radius 1 is 0.217 bits per heavy atom. The van der Waals surface area contributed by atoms with Crippen LogP contribution in [0.3, 0.4) is 0 Å². The Labute approximate surface area is 529 Å². The van der Waals surface area contributed by atoms with E-state index in [1.54, 1.807) is 0 Å². The lowest BCUT2D eigenvalue weighted by molar-refractivity contribution is 0.103. The van der Waals surface area contributed by atoms with Crippen LogP contribution in [0, 0.1) is 0 Å². The SMILES string of the molecule is O=C1c2ccccc2-c2ccc3c4ccccc4n(-c4ccc(-n5c6ccccc6c6c(-c7cccc8c7-c7ccc9c%10ccccc%10n(-c%10ccc(N(c%11ccc(-c%12ccccc%12)cc%11)c%11ccc(-c%12ccccc%12)cc%11)cc%10)c9c7C8=O)cccc65)cc4)c3c21. The van der Waals surface area contributed by atoms with Crippen LogP contribution in [0.15, 0.2) is 315 Å². The third-order valence-electron chi connectivity index (χ3n) is 19.4. The molecule has 0 amide bonds. The van der Waals surface area contributed by atoms with Crippen LogP contribution in [-0.2, 0) is 0 Å². The molecule has 17 aromatic rings. The summed E-state index contributed by atoms with van der Waals surface area (Å²) in [5, 5.41) is 6.51. The maximum absolute atomic E-state index is 15.6. The first-order chi connectivity index (χ1) is 45.5. The van der Waals surface area contributed by atoms with Crippen molar-refractivity contribution < 1.29 is 9.59 Å². The largest absolute Gasteiger partial charge is 0.311 e. The molecule has 0 N–H and O–H groups in total. The number of fused-ring (bicyclic) bond motifs is 17. The number of aromatic nitrogens is 3. The van der Waals surface area contributed by atoms with Gasteiger partial charge in [-0.2, -0.15) is 0 Å². The highest BCUT2D eigenvalue weighted by atomic mass is 16.1. The normalized spacial score (nSPS) is 12.4. The lowest BCUT2D eigenvalue weighted by Gasteiger charge is -2.26. The number of nitrogens with zero attached hydrogens (tertiary/aromatic N) is 4. The third kappa shape index (κ3) is 7.55.